The normalized spacial score (nSPS) is 11.4. The molecule has 15 heavy (non-hydrogen) atoms. The van der Waals surface area contributed by atoms with Gasteiger partial charge in [0, 0.05) is 6.07 Å². The lowest BCUT2D eigenvalue weighted by atomic mass is 10.2. The van der Waals surface area contributed by atoms with Gasteiger partial charge in [-0.1, -0.05) is 6.07 Å². The topological polar surface area (TPSA) is 38.7 Å². The first kappa shape index (κ1) is 11.9. The molecule has 0 fully saturated rings. The summed E-state index contributed by atoms with van der Waals surface area (Å²) in [6, 6.07) is 6.74. The number of phenols is 1. The Morgan fingerprint density at radius 3 is 2.53 bits per heavy atom. The number of phenolic OH excluding ortho intramolecular Hbond substituents is 1. The lowest BCUT2D eigenvalue weighted by Crippen LogP contribution is -2.22. The van der Waals surface area contributed by atoms with Gasteiger partial charge in [-0.2, -0.15) is 0 Å². The Bertz CT molecular complexity index is 302. The van der Waals surface area contributed by atoms with Crippen molar-refractivity contribution in [2.45, 2.75) is 26.4 Å². The van der Waals surface area contributed by atoms with Crippen LogP contribution in [0.4, 0.5) is 0 Å². The van der Waals surface area contributed by atoms with Crippen LogP contribution in [0.2, 0.25) is 0 Å². The van der Waals surface area contributed by atoms with Crippen molar-refractivity contribution in [1.29, 1.82) is 0 Å². The van der Waals surface area contributed by atoms with E-state index < -0.39 is 0 Å². The first-order valence-electron chi connectivity index (χ1n) is 5.03. The van der Waals surface area contributed by atoms with Crippen LogP contribution in [0.25, 0.3) is 0 Å². The molecule has 0 spiro atoms. The standard InChI is InChI=1S/C12H18O3/c1-12(2,3)15-8-7-14-11-6-4-5-10(13)9-11/h4-6,9,13H,7-8H2,1-3H3. The molecule has 1 rings (SSSR count). The molecule has 3 nitrogen and oxygen atoms in total. The van der Waals surface area contributed by atoms with Gasteiger partial charge in [0.1, 0.15) is 18.1 Å². The Balaban J connectivity index is 2.26. The molecule has 1 aromatic carbocycles. The molecular weight excluding hydrogens is 192 g/mol. The molecule has 0 aliphatic heterocycles. The molecule has 0 heterocycles. The van der Waals surface area contributed by atoms with Crippen LogP contribution in [0.15, 0.2) is 24.3 Å². The van der Waals surface area contributed by atoms with E-state index in [0.717, 1.165) is 0 Å². The molecule has 0 aliphatic carbocycles. The third kappa shape index (κ3) is 5.27. The highest BCUT2D eigenvalue weighted by molar-refractivity contribution is 5.31. The molecule has 0 atom stereocenters. The van der Waals surface area contributed by atoms with E-state index in [1.807, 2.05) is 20.8 Å². The van der Waals surface area contributed by atoms with Crippen molar-refractivity contribution < 1.29 is 14.6 Å². The highest BCUT2D eigenvalue weighted by atomic mass is 16.5. The van der Waals surface area contributed by atoms with Crippen molar-refractivity contribution in [2.24, 2.45) is 0 Å². The van der Waals surface area contributed by atoms with Crippen LogP contribution in [-0.4, -0.2) is 23.9 Å². The van der Waals surface area contributed by atoms with E-state index in [9.17, 15) is 5.11 Å². The number of ether oxygens (including phenoxy) is 2. The summed E-state index contributed by atoms with van der Waals surface area (Å²) in [5, 5.41) is 9.19. The molecule has 0 saturated heterocycles. The summed E-state index contributed by atoms with van der Waals surface area (Å²) in [7, 11) is 0. The van der Waals surface area contributed by atoms with Gasteiger partial charge in [0.05, 0.1) is 12.2 Å². The summed E-state index contributed by atoms with van der Waals surface area (Å²) >= 11 is 0. The molecule has 0 saturated carbocycles. The minimum absolute atomic E-state index is 0.137. The monoisotopic (exact) mass is 210 g/mol. The van der Waals surface area contributed by atoms with E-state index in [0.29, 0.717) is 19.0 Å². The van der Waals surface area contributed by atoms with E-state index >= 15 is 0 Å². The summed E-state index contributed by atoms with van der Waals surface area (Å²) in [5.41, 5.74) is -0.137. The maximum atomic E-state index is 9.19. The Hall–Kier alpha value is -1.22. The van der Waals surface area contributed by atoms with Crippen LogP contribution in [-0.2, 0) is 4.74 Å². The Morgan fingerprint density at radius 1 is 1.20 bits per heavy atom. The summed E-state index contributed by atoms with van der Waals surface area (Å²) in [6.45, 7) is 7.03. The zero-order valence-electron chi connectivity index (χ0n) is 9.49. The van der Waals surface area contributed by atoms with Gasteiger partial charge in [-0.05, 0) is 32.9 Å². The lowest BCUT2D eigenvalue weighted by Gasteiger charge is -2.19. The Morgan fingerprint density at radius 2 is 1.93 bits per heavy atom. The van der Waals surface area contributed by atoms with Crippen molar-refractivity contribution in [3.05, 3.63) is 24.3 Å². The molecule has 0 bridgehead atoms. The van der Waals surface area contributed by atoms with Crippen molar-refractivity contribution >= 4 is 0 Å². The van der Waals surface area contributed by atoms with Gasteiger partial charge in [0.25, 0.3) is 0 Å². The highest BCUT2D eigenvalue weighted by Crippen LogP contribution is 2.17. The molecule has 84 valence electrons. The fourth-order valence-corrected chi connectivity index (χ4v) is 1.08. The Kier molecular flexibility index (Phi) is 3.97. The minimum Gasteiger partial charge on any atom is -0.508 e. The molecule has 0 amide bonds. The zero-order chi connectivity index (χ0) is 11.3. The second-order valence-electron chi connectivity index (χ2n) is 4.31. The van der Waals surface area contributed by atoms with E-state index in [1.54, 1.807) is 24.3 Å². The third-order valence-electron chi connectivity index (χ3n) is 1.70. The molecule has 1 N–H and O–H groups in total. The summed E-state index contributed by atoms with van der Waals surface area (Å²) in [6.07, 6.45) is 0. The van der Waals surface area contributed by atoms with Crippen LogP contribution in [0.3, 0.4) is 0 Å². The van der Waals surface area contributed by atoms with Gasteiger partial charge in [0.2, 0.25) is 0 Å². The molecule has 0 aliphatic rings. The van der Waals surface area contributed by atoms with Crippen LogP contribution >= 0.6 is 0 Å². The van der Waals surface area contributed by atoms with Crippen LogP contribution in [0.5, 0.6) is 11.5 Å². The second-order valence-corrected chi connectivity index (χ2v) is 4.31. The van der Waals surface area contributed by atoms with Crippen LogP contribution in [0, 0.1) is 0 Å². The SMILES string of the molecule is CC(C)(C)OCCOc1cccc(O)c1. The second kappa shape index (κ2) is 5.03. The zero-order valence-corrected chi connectivity index (χ0v) is 9.49. The van der Waals surface area contributed by atoms with E-state index in [4.69, 9.17) is 9.47 Å². The fraction of sp³-hybridized carbons (Fsp3) is 0.500. The molecular formula is C12H18O3. The Labute approximate surface area is 90.6 Å². The minimum atomic E-state index is -0.137. The average Bonchev–Trinajstić information content (AvgIpc) is 2.11. The maximum Gasteiger partial charge on any atom is 0.123 e. The number of hydrogen-bond donors (Lipinski definition) is 1. The number of rotatable bonds is 4. The van der Waals surface area contributed by atoms with Crippen LogP contribution < -0.4 is 4.74 Å². The fourth-order valence-electron chi connectivity index (χ4n) is 1.08. The average molecular weight is 210 g/mol. The largest absolute Gasteiger partial charge is 0.508 e. The summed E-state index contributed by atoms with van der Waals surface area (Å²) in [5.74, 6) is 0.872. The van der Waals surface area contributed by atoms with E-state index in [2.05, 4.69) is 0 Å². The van der Waals surface area contributed by atoms with Crippen molar-refractivity contribution in [3.8, 4) is 11.5 Å². The third-order valence-corrected chi connectivity index (χ3v) is 1.70. The van der Waals surface area contributed by atoms with Gasteiger partial charge >= 0.3 is 0 Å². The molecule has 3 heteroatoms. The number of hydrogen-bond acceptors (Lipinski definition) is 3. The summed E-state index contributed by atoms with van der Waals surface area (Å²) in [4.78, 5) is 0. The van der Waals surface area contributed by atoms with Crippen molar-refractivity contribution in [2.75, 3.05) is 13.2 Å². The molecule has 0 unspecified atom stereocenters. The van der Waals surface area contributed by atoms with Gasteiger partial charge in [0.15, 0.2) is 0 Å². The number of benzene rings is 1. The van der Waals surface area contributed by atoms with Gasteiger partial charge in [-0.15, -0.1) is 0 Å². The lowest BCUT2D eigenvalue weighted by molar-refractivity contribution is -0.0163. The van der Waals surface area contributed by atoms with Gasteiger partial charge in [-0.3, -0.25) is 0 Å². The molecule has 0 radical (unpaired) electrons. The maximum absolute atomic E-state index is 9.19. The highest BCUT2D eigenvalue weighted by Gasteiger charge is 2.09. The van der Waals surface area contributed by atoms with Crippen molar-refractivity contribution in [3.63, 3.8) is 0 Å². The molecule has 0 aromatic heterocycles. The van der Waals surface area contributed by atoms with Crippen LogP contribution in [0.1, 0.15) is 20.8 Å². The first-order valence-corrected chi connectivity index (χ1v) is 5.03. The first-order chi connectivity index (χ1) is 6.97. The van der Waals surface area contributed by atoms with E-state index in [-0.39, 0.29) is 11.4 Å². The van der Waals surface area contributed by atoms with Crippen molar-refractivity contribution in [1.82, 2.24) is 0 Å². The summed E-state index contributed by atoms with van der Waals surface area (Å²) < 4.78 is 10.9. The smallest absolute Gasteiger partial charge is 0.123 e. The molecule has 1 aromatic rings. The van der Waals surface area contributed by atoms with E-state index in [1.165, 1.54) is 0 Å². The number of aromatic hydroxyl groups is 1. The predicted molar refractivity (Wildman–Crippen MR) is 59.3 cm³/mol. The quantitative estimate of drug-likeness (QED) is 0.776. The van der Waals surface area contributed by atoms with Gasteiger partial charge < -0.3 is 14.6 Å². The predicted octanol–water partition coefficient (Wildman–Crippen LogP) is 2.59. The van der Waals surface area contributed by atoms with Gasteiger partial charge in [-0.25, -0.2) is 0 Å².